The molecule has 3 aliphatic rings. The minimum Gasteiger partial charge on any atom is -0.491 e. The molecule has 1 aromatic heterocycles. The Labute approximate surface area is 187 Å². The van der Waals surface area contributed by atoms with Gasteiger partial charge in [0, 0.05) is 31.9 Å². The summed E-state index contributed by atoms with van der Waals surface area (Å²) >= 11 is 0. The van der Waals surface area contributed by atoms with Gasteiger partial charge >= 0.3 is 0 Å². The Morgan fingerprint density at radius 2 is 1.91 bits per heavy atom. The first-order valence-electron chi connectivity index (χ1n) is 11.3. The predicted octanol–water partition coefficient (Wildman–Crippen LogP) is 2.07. The van der Waals surface area contributed by atoms with Crippen LogP contribution in [0.3, 0.4) is 0 Å². The molecule has 2 fully saturated rings. The van der Waals surface area contributed by atoms with Gasteiger partial charge in [0.2, 0.25) is 5.43 Å². The van der Waals surface area contributed by atoms with Gasteiger partial charge in [-0.25, -0.2) is 0 Å². The molecule has 2 amide bonds. The molecule has 2 atom stereocenters. The topological polar surface area (TPSA) is 83.9 Å². The van der Waals surface area contributed by atoms with Crippen molar-refractivity contribution in [3.63, 3.8) is 0 Å². The number of carbonyl (C=O) groups is 2. The number of amides is 2. The minimum atomic E-state index is -0.555. The van der Waals surface area contributed by atoms with Crippen LogP contribution in [0.25, 0.3) is 0 Å². The smallest absolute Gasteiger partial charge is 0.275 e. The van der Waals surface area contributed by atoms with Gasteiger partial charge in [0.25, 0.3) is 11.8 Å². The van der Waals surface area contributed by atoms with Crippen molar-refractivity contribution < 1.29 is 14.3 Å². The molecule has 1 N–H and O–H groups in total. The van der Waals surface area contributed by atoms with Crippen LogP contribution in [0, 0.1) is 0 Å². The molecule has 0 spiro atoms. The first-order chi connectivity index (χ1) is 15.6. The Balaban J connectivity index is 0.00000119. The number of nitrogens with one attached hydrogen (secondary N) is 1. The number of fused-ring (bicyclic) bond motifs is 4. The van der Waals surface area contributed by atoms with Crippen LogP contribution in [0.4, 0.5) is 0 Å². The summed E-state index contributed by atoms with van der Waals surface area (Å²) in [6.07, 6.45) is 3.69. The zero-order valence-electron chi connectivity index (χ0n) is 18.8. The third-order valence-corrected chi connectivity index (χ3v) is 6.38. The highest BCUT2D eigenvalue weighted by atomic mass is 16.5. The van der Waals surface area contributed by atoms with Crippen LogP contribution in [-0.2, 0) is 13.1 Å². The lowest BCUT2D eigenvalue weighted by Crippen LogP contribution is -2.50. The van der Waals surface area contributed by atoms with Crippen LogP contribution in [0.2, 0.25) is 0 Å². The highest BCUT2D eigenvalue weighted by Crippen LogP contribution is 2.35. The summed E-state index contributed by atoms with van der Waals surface area (Å²) in [6, 6.07) is 9.87. The fourth-order valence-electron chi connectivity index (χ4n) is 4.94. The molecule has 170 valence electrons. The van der Waals surface area contributed by atoms with Gasteiger partial charge in [-0.1, -0.05) is 44.2 Å². The molecular weight excluding hydrogens is 408 g/mol. The molecule has 0 saturated carbocycles. The Morgan fingerprint density at radius 1 is 1.16 bits per heavy atom. The third-order valence-electron chi connectivity index (χ3n) is 6.38. The highest BCUT2D eigenvalue weighted by molar-refractivity contribution is 5.99. The van der Waals surface area contributed by atoms with Gasteiger partial charge in [-0.15, -0.1) is 0 Å². The van der Waals surface area contributed by atoms with Gasteiger partial charge in [-0.2, -0.15) is 0 Å². The lowest BCUT2D eigenvalue weighted by atomic mass is 10.1. The molecule has 0 aliphatic carbocycles. The summed E-state index contributed by atoms with van der Waals surface area (Å²) in [6.45, 7) is 6.48. The number of aromatic nitrogens is 1. The normalized spacial score (nSPS) is 21.2. The van der Waals surface area contributed by atoms with E-state index in [0.29, 0.717) is 25.7 Å². The largest absolute Gasteiger partial charge is 0.491 e. The maximum Gasteiger partial charge on any atom is 0.275 e. The van der Waals surface area contributed by atoms with Crippen molar-refractivity contribution in [2.75, 3.05) is 20.2 Å². The third kappa shape index (κ3) is 3.68. The second-order valence-electron chi connectivity index (χ2n) is 8.05. The number of carbonyl (C=O) groups excluding carboxylic acids is 2. The number of benzene rings is 1. The molecule has 0 unspecified atom stereocenters. The number of rotatable bonds is 4. The van der Waals surface area contributed by atoms with E-state index in [4.69, 9.17) is 4.74 Å². The Morgan fingerprint density at radius 3 is 2.62 bits per heavy atom. The van der Waals surface area contributed by atoms with Crippen LogP contribution in [0.5, 0.6) is 5.75 Å². The Kier molecular flexibility index (Phi) is 6.32. The van der Waals surface area contributed by atoms with Crippen molar-refractivity contribution in [3.8, 4) is 5.75 Å². The van der Waals surface area contributed by atoms with Crippen LogP contribution in [0.15, 0.2) is 41.3 Å². The molecule has 0 bridgehead atoms. The Hall–Kier alpha value is -3.13. The van der Waals surface area contributed by atoms with Crippen molar-refractivity contribution in [2.45, 2.75) is 52.0 Å². The van der Waals surface area contributed by atoms with Gasteiger partial charge in [0.05, 0.1) is 13.7 Å². The number of hydrogen-bond donors (Lipinski definition) is 1. The second-order valence-corrected chi connectivity index (χ2v) is 8.05. The summed E-state index contributed by atoms with van der Waals surface area (Å²) in [4.78, 5) is 43.2. The predicted molar refractivity (Wildman–Crippen MR) is 121 cm³/mol. The second kappa shape index (κ2) is 9.16. The summed E-state index contributed by atoms with van der Waals surface area (Å²) in [5.74, 6) is -0.735. The molecule has 32 heavy (non-hydrogen) atoms. The maximum absolute atomic E-state index is 13.2. The number of ether oxygens (including phenoxy) is 1. The molecule has 1 aromatic carbocycles. The van der Waals surface area contributed by atoms with E-state index in [1.807, 2.05) is 49.1 Å². The van der Waals surface area contributed by atoms with Crippen molar-refractivity contribution in [1.29, 1.82) is 0 Å². The molecule has 2 aromatic rings. The molecule has 5 rings (SSSR count). The van der Waals surface area contributed by atoms with Crippen LogP contribution < -0.4 is 15.5 Å². The van der Waals surface area contributed by atoms with E-state index >= 15 is 0 Å². The lowest BCUT2D eigenvalue weighted by molar-refractivity contribution is 0.0513. The fraction of sp³-hybridized carbons (Fsp3) is 0.458. The molecule has 0 radical (unpaired) electrons. The van der Waals surface area contributed by atoms with Crippen molar-refractivity contribution in [3.05, 3.63) is 63.6 Å². The number of methoxy groups -OCH3 is 1. The van der Waals surface area contributed by atoms with Gasteiger partial charge in [-0.05, 0) is 18.4 Å². The van der Waals surface area contributed by atoms with Gasteiger partial charge in [0.1, 0.15) is 11.7 Å². The van der Waals surface area contributed by atoms with Gasteiger partial charge < -0.3 is 19.5 Å². The molecular formula is C24H30N4O4. The SMILES string of the molecule is CC.COc1c2n(cc(C(=O)NCc3ccccc3)c1=O)C[C@@H]1N(C[C@H]3CCCN31)C2=O. The van der Waals surface area contributed by atoms with E-state index in [-0.39, 0.29) is 29.1 Å². The number of pyridine rings is 1. The van der Waals surface area contributed by atoms with E-state index < -0.39 is 11.3 Å². The van der Waals surface area contributed by atoms with Gasteiger partial charge in [-0.3, -0.25) is 19.3 Å². The zero-order valence-corrected chi connectivity index (χ0v) is 18.8. The minimum absolute atomic E-state index is 0.0104. The van der Waals surface area contributed by atoms with Crippen molar-refractivity contribution in [2.24, 2.45) is 0 Å². The lowest BCUT2D eigenvalue weighted by Gasteiger charge is -2.36. The standard InChI is InChI=1S/C22H24N4O4.C2H6/c1-30-20-18-22(29)26-11-15-8-5-9-25(15)17(26)13-24(18)12-16(19(20)27)21(28)23-10-14-6-3-2-4-7-14;1-2/h2-4,6-7,12,15,17H,5,8-11,13H2,1H3,(H,23,28);1-2H3/t15-,17+;/m1./s1. The summed E-state index contributed by atoms with van der Waals surface area (Å²) < 4.78 is 7.06. The van der Waals surface area contributed by atoms with Crippen molar-refractivity contribution >= 4 is 11.8 Å². The van der Waals surface area contributed by atoms with E-state index in [9.17, 15) is 14.4 Å². The van der Waals surface area contributed by atoms with E-state index in [1.54, 1.807) is 4.57 Å². The first kappa shape index (κ1) is 22.1. The fourth-order valence-corrected chi connectivity index (χ4v) is 4.94. The first-order valence-corrected chi connectivity index (χ1v) is 11.3. The highest BCUT2D eigenvalue weighted by Gasteiger charge is 2.48. The average molecular weight is 439 g/mol. The van der Waals surface area contributed by atoms with Crippen LogP contribution in [-0.4, -0.2) is 58.6 Å². The molecule has 8 heteroatoms. The van der Waals surface area contributed by atoms with E-state index in [1.165, 1.54) is 13.3 Å². The molecule has 3 aliphatic heterocycles. The monoisotopic (exact) mass is 438 g/mol. The quantitative estimate of drug-likeness (QED) is 0.790. The van der Waals surface area contributed by atoms with Crippen LogP contribution >= 0.6 is 0 Å². The zero-order chi connectivity index (χ0) is 22.8. The Bertz CT molecular complexity index is 1070. The average Bonchev–Trinajstić information content (AvgIpc) is 3.42. The van der Waals surface area contributed by atoms with E-state index in [0.717, 1.165) is 24.9 Å². The van der Waals surface area contributed by atoms with Crippen molar-refractivity contribution in [1.82, 2.24) is 19.7 Å². The van der Waals surface area contributed by atoms with E-state index in [2.05, 4.69) is 10.2 Å². The van der Waals surface area contributed by atoms with Gasteiger partial charge in [0.15, 0.2) is 11.4 Å². The molecule has 2 saturated heterocycles. The summed E-state index contributed by atoms with van der Waals surface area (Å²) in [5.41, 5.74) is 0.608. The summed E-state index contributed by atoms with van der Waals surface area (Å²) in [5, 5.41) is 2.80. The number of hydrogen-bond acceptors (Lipinski definition) is 5. The van der Waals surface area contributed by atoms with Crippen LogP contribution in [0.1, 0.15) is 53.1 Å². The summed E-state index contributed by atoms with van der Waals surface area (Å²) in [7, 11) is 1.37. The molecule has 8 nitrogen and oxygen atoms in total. The maximum atomic E-state index is 13.2. The number of nitrogens with zero attached hydrogens (tertiary/aromatic N) is 3. The molecule has 4 heterocycles.